The Bertz CT molecular complexity index is 1220. The zero-order chi connectivity index (χ0) is 22.7. The topological polar surface area (TPSA) is 91.8 Å². The average Bonchev–Trinajstić information content (AvgIpc) is 3.16. The van der Waals surface area contributed by atoms with Crippen LogP contribution in [0.1, 0.15) is 6.42 Å². The highest BCUT2D eigenvalue weighted by molar-refractivity contribution is 7.89. The van der Waals surface area contributed by atoms with Gasteiger partial charge >= 0.3 is 0 Å². The van der Waals surface area contributed by atoms with E-state index < -0.39 is 10.0 Å². The van der Waals surface area contributed by atoms with Crippen LogP contribution in [0.3, 0.4) is 0 Å². The molecule has 0 radical (unpaired) electrons. The van der Waals surface area contributed by atoms with Gasteiger partial charge in [0.2, 0.25) is 15.9 Å². The molecule has 1 amide bonds. The number of amides is 1. The predicted octanol–water partition coefficient (Wildman–Crippen LogP) is 3.29. The first kappa shape index (κ1) is 22.9. The minimum atomic E-state index is -3.56. The van der Waals surface area contributed by atoms with E-state index in [1.165, 1.54) is 15.6 Å². The maximum absolute atomic E-state index is 13.0. The van der Waals surface area contributed by atoms with E-state index in [0.29, 0.717) is 52.3 Å². The molecule has 1 fully saturated rings. The standard InChI is InChI=1S/C21H23ClN4O4S2/c1-25-9-11-26(12-10-25)32(28,29)15-6-7-17-19(14-15)31-21(23-17)24-20(27)8-13-30-18-5-3-2-4-16(18)22/h2-7,14H,8-13H2,1H3,(H,23,24,27). The first-order chi connectivity index (χ1) is 15.3. The summed E-state index contributed by atoms with van der Waals surface area (Å²) in [5, 5.41) is 3.65. The number of likely N-dealkylation sites (N-methyl/N-ethyl adjacent to an activating group) is 1. The fraction of sp³-hybridized carbons (Fsp3) is 0.333. The third-order valence-corrected chi connectivity index (χ3v) is 8.27. The van der Waals surface area contributed by atoms with E-state index in [2.05, 4.69) is 15.2 Å². The highest BCUT2D eigenvalue weighted by atomic mass is 35.5. The van der Waals surface area contributed by atoms with Gasteiger partial charge in [0, 0.05) is 26.2 Å². The van der Waals surface area contributed by atoms with Crippen LogP contribution in [0, 0.1) is 0 Å². The van der Waals surface area contributed by atoms with Gasteiger partial charge < -0.3 is 15.0 Å². The number of piperazine rings is 1. The molecule has 0 unspecified atom stereocenters. The molecule has 170 valence electrons. The van der Waals surface area contributed by atoms with Crippen molar-refractivity contribution in [1.82, 2.24) is 14.2 Å². The van der Waals surface area contributed by atoms with E-state index in [1.807, 2.05) is 7.05 Å². The van der Waals surface area contributed by atoms with Gasteiger partial charge in [0.25, 0.3) is 0 Å². The lowest BCUT2D eigenvalue weighted by molar-refractivity contribution is -0.116. The number of anilines is 1. The quantitative estimate of drug-likeness (QED) is 0.542. The van der Waals surface area contributed by atoms with E-state index in [1.54, 1.807) is 42.5 Å². The summed E-state index contributed by atoms with van der Waals surface area (Å²) < 4.78 is 33.7. The molecule has 3 aromatic rings. The summed E-state index contributed by atoms with van der Waals surface area (Å²) in [4.78, 5) is 19.0. The van der Waals surface area contributed by atoms with Crippen molar-refractivity contribution in [3.8, 4) is 5.75 Å². The van der Waals surface area contributed by atoms with Crippen LogP contribution in [0.5, 0.6) is 5.75 Å². The zero-order valence-electron chi connectivity index (χ0n) is 17.5. The second-order valence-electron chi connectivity index (χ2n) is 7.43. The molecule has 4 rings (SSSR count). The van der Waals surface area contributed by atoms with Crippen molar-refractivity contribution in [3.63, 3.8) is 0 Å². The van der Waals surface area contributed by atoms with E-state index in [-0.39, 0.29) is 23.8 Å². The molecule has 0 saturated carbocycles. The number of benzene rings is 2. The molecule has 0 spiro atoms. The van der Waals surface area contributed by atoms with Crippen LogP contribution in [0.4, 0.5) is 5.13 Å². The molecule has 0 atom stereocenters. The Hall–Kier alpha value is -2.24. The normalized spacial score (nSPS) is 15.7. The van der Waals surface area contributed by atoms with Crippen molar-refractivity contribution in [2.24, 2.45) is 0 Å². The van der Waals surface area contributed by atoms with Gasteiger partial charge in [-0.1, -0.05) is 35.1 Å². The van der Waals surface area contributed by atoms with Gasteiger partial charge in [-0.15, -0.1) is 0 Å². The maximum Gasteiger partial charge on any atom is 0.243 e. The van der Waals surface area contributed by atoms with Gasteiger partial charge in [0.1, 0.15) is 5.75 Å². The number of halogens is 1. The molecule has 0 bridgehead atoms. The van der Waals surface area contributed by atoms with Crippen molar-refractivity contribution in [2.75, 3.05) is 45.2 Å². The molecular weight excluding hydrogens is 472 g/mol. The average molecular weight is 495 g/mol. The molecular formula is C21H23ClN4O4S2. The van der Waals surface area contributed by atoms with Crippen molar-refractivity contribution in [1.29, 1.82) is 0 Å². The fourth-order valence-electron chi connectivity index (χ4n) is 3.29. The number of para-hydroxylation sites is 1. The lowest BCUT2D eigenvalue weighted by atomic mass is 10.3. The molecule has 0 aliphatic carbocycles. The highest BCUT2D eigenvalue weighted by Gasteiger charge is 2.27. The van der Waals surface area contributed by atoms with Gasteiger partial charge in [-0.25, -0.2) is 13.4 Å². The number of carbonyl (C=O) groups is 1. The summed E-state index contributed by atoms with van der Waals surface area (Å²) in [5.74, 6) is 0.275. The third kappa shape index (κ3) is 5.21. The van der Waals surface area contributed by atoms with Crippen LogP contribution in [0.15, 0.2) is 47.4 Å². The Labute approximate surface area is 195 Å². The Morgan fingerprint density at radius 1 is 1.19 bits per heavy atom. The maximum atomic E-state index is 13.0. The number of nitrogens with one attached hydrogen (secondary N) is 1. The van der Waals surface area contributed by atoms with Crippen molar-refractivity contribution < 1.29 is 17.9 Å². The lowest BCUT2D eigenvalue weighted by Crippen LogP contribution is -2.46. The Morgan fingerprint density at radius 3 is 2.69 bits per heavy atom. The number of nitrogens with zero attached hydrogens (tertiary/aromatic N) is 3. The summed E-state index contributed by atoms with van der Waals surface area (Å²) >= 11 is 7.27. The number of sulfonamides is 1. The summed E-state index contributed by atoms with van der Waals surface area (Å²) in [6.07, 6.45) is 0.129. The second-order valence-corrected chi connectivity index (χ2v) is 10.8. The lowest BCUT2D eigenvalue weighted by Gasteiger charge is -2.31. The number of fused-ring (bicyclic) bond motifs is 1. The van der Waals surface area contributed by atoms with Crippen LogP contribution in [-0.4, -0.2) is 68.3 Å². The van der Waals surface area contributed by atoms with Crippen molar-refractivity contribution in [2.45, 2.75) is 11.3 Å². The number of aromatic nitrogens is 1. The number of rotatable bonds is 7. The van der Waals surface area contributed by atoms with Gasteiger partial charge in [-0.2, -0.15) is 4.31 Å². The molecule has 1 aliphatic rings. The molecule has 8 nitrogen and oxygen atoms in total. The minimum Gasteiger partial charge on any atom is -0.491 e. The molecule has 1 saturated heterocycles. The van der Waals surface area contributed by atoms with Crippen LogP contribution < -0.4 is 10.1 Å². The second kappa shape index (κ2) is 9.72. The SMILES string of the molecule is CN1CCN(S(=O)(=O)c2ccc3nc(NC(=O)CCOc4ccccc4Cl)sc3c2)CC1. The summed E-state index contributed by atoms with van der Waals surface area (Å²) in [7, 11) is -1.58. The van der Waals surface area contributed by atoms with Gasteiger partial charge in [-0.3, -0.25) is 4.79 Å². The number of hydrogen-bond acceptors (Lipinski definition) is 7. The number of carbonyl (C=O) groups excluding carboxylic acids is 1. The molecule has 2 heterocycles. The van der Waals surface area contributed by atoms with Gasteiger partial charge in [0.05, 0.1) is 33.2 Å². The van der Waals surface area contributed by atoms with Gasteiger partial charge in [-0.05, 0) is 37.4 Å². The van der Waals surface area contributed by atoms with E-state index in [9.17, 15) is 13.2 Å². The molecule has 11 heteroatoms. The smallest absolute Gasteiger partial charge is 0.243 e. The summed E-state index contributed by atoms with van der Waals surface area (Å²) in [5.41, 5.74) is 0.634. The molecule has 2 aromatic carbocycles. The first-order valence-electron chi connectivity index (χ1n) is 10.1. The highest BCUT2D eigenvalue weighted by Crippen LogP contribution is 2.29. The molecule has 32 heavy (non-hydrogen) atoms. The van der Waals surface area contributed by atoms with E-state index in [4.69, 9.17) is 16.3 Å². The number of thiazole rings is 1. The monoisotopic (exact) mass is 494 g/mol. The molecule has 1 aromatic heterocycles. The largest absolute Gasteiger partial charge is 0.491 e. The van der Waals surface area contributed by atoms with Crippen LogP contribution in [0.25, 0.3) is 10.2 Å². The minimum absolute atomic E-state index is 0.129. The Balaban J connectivity index is 1.39. The number of ether oxygens (including phenoxy) is 1. The van der Waals surface area contributed by atoms with Crippen LogP contribution in [-0.2, 0) is 14.8 Å². The molecule has 1 aliphatic heterocycles. The van der Waals surface area contributed by atoms with Crippen LogP contribution in [0.2, 0.25) is 5.02 Å². The van der Waals surface area contributed by atoms with Crippen LogP contribution >= 0.6 is 22.9 Å². The van der Waals surface area contributed by atoms with Crippen molar-refractivity contribution >= 4 is 54.2 Å². The Kier molecular flexibility index (Phi) is 6.96. The van der Waals surface area contributed by atoms with E-state index >= 15 is 0 Å². The predicted molar refractivity (Wildman–Crippen MR) is 126 cm³/mol. The first-order valence-corrected chi connectivity index (χ1v) is 12.7. The molecule has 1 N–H and O–H groups in total. The van der Waals surface area contributed by atoms with Gasteiger partial charge in [0.15, 0.2) is 5.13 Å². The van der Waals surface area contributed by atoms with Crippen molar-refractivity contribution in [3.05, 3.63) is 47.5 Å². The zero-order valence-corrected chi connectivity index (χ0v) is 19.8. The number of hydrogen-bond donors (Lipinski definition) is 1. The Morgan fingerprint density at radius 2 is 1.94 bits per heavy atom. The third-order valence-electron chi connectivity index (χ3n) is 5.13. The summed E-state index contributed by atoms with van der Waals surface area (Å²) in [6.45, 7) is 2.53. The fourth-order valence-corrected chi connectivity index (χ4v) is 5.93. The summed E-state index contributed by atoms with van der Waals surface area (Å²) in [6, 6.07) is 11.9. The van der Waals surface area contributed by atoms with E-state index in [0.717, 1.165) is 0 Å².